The summed E-state index contributed by atoms with van der Waals surface area (Å²) in [6, 6.07) is -0.756. The van der Waals surface area contributed by atoms with E-state index in [1.807, 2.05) is 0 Å². The third kappa shape index (κ3) is 57.5. The van der Waals surface area contributed by atoms with E-state index < -0.39 is 49.5 Å². The molecule has 0 saturated carbocycles. The predicted octanol–water partition coefficient (Wildman–Crippen LogP) is 21.7. The van der Waals surface area contributed by atoms with E-state index in [-0.39, 0.29) is 12.5 Å². The van der Waals surface area contributed by atoms with E-state index in [9.17, 15) is 30.3 Å². The molecule has 1 rings (SSSR count). The van der Waals surface area contributed by atoms with E-state index >= 15 is 0 Å². The highest BCUT2D eigenvalue weighted by molar-refractivity contribution is 5.76. The Morgan fingerprint density at radius 2 is 0.674 bits per heavy atom. The molecule has 92 heavy (non-hydrogen) atoms. The lowest BCUT2D eigenvalue weighted by Crippen LogP contribution is -2.60. The summed E-state index contributed by atoms with van der Waals surface area (Å²) in [5.41, 5.74) is 0. The topological polar surface area (TPSA) is 149 Å². The van der Waals surface area contributed by atoms with Gasteiger partial charge >= 0.3 is 0 Å². The number of aliphatic hydroxyl groups excluding tert-OH is 5. The fourth-order valence-corrected chi connectivity index (χ4v) is 11.3. The lowest BCUT2D eigenvalue weighted by atomic mass is 9.99. The van der Waals surface area contributed by atoms with Gasteiger partial charge in [-0.25, -0.2) is 0 Å². The molecule has 0 aliphatic carbocycles. The van der Waals surface area contributed by atoms with Crippen LogP contribution in [0.5, 0.6) is 0 Å². The molecule has 6 N–H and O–H groups in total. The van der Waals surface area contributed by atoms with Crippen molar-refractivity contribution >= 4 is 5.91 Å². The smallest absolute Gasteiger partial charge is 0.220 e. The maximum Gasteiger partial charge on any atom is 0.220 e. The van der Waals surface area contributed by atoms with Crippen LogP contribution in [0, 0.1) is 0 Å². The van der Waals surface area contributed by atoms with Crippen LogP contribution in [0.2, 0.25) is 0 Å². The first-order chi connectivity index (χ1) is 45.3. The van der Waals surface area contributed by atoms with Gasteiger partial charge in [0.1, 0.15) is 24.4 Å². The number of nitrogens with one attached hydrogen (secondary N) is 1. The average Bonchev–Trinajstić information content (AvgIpc) is 1.45. The molecule has 0 aromatic rings. The molecule has 1 fully saturated rings. The molecular weight excluding hydrogens is 1140 g/mol. The summed E-state index contributed by atoms with van der Waals surface area (Å²) in [5.74, 6) is -0.188. The van der Waals surface area contributed by atoms with Crippen molar-refractivity contribution in [3.05, 3.63) is 146 Å². The van der Waals surface area contributed by atoms with Crippen LogP contribution in [0.15, 0.2) is 146 Å². The Labute approximate surface area is 565 Å². The van der Waals surface area contributed by atoms with Crippen LogP contribution >= 0.6 is 0 Å². The Bertz CT molecular complexity index is 1970. The van der Waals surface area contributed by atoms with Gasteiger partial charge in [0, 0.05) is 6.42 Å². The van der Waals surface area contributed by atoms with E-state index in [0.717, 1.165) is 109 Å². The van der Waals surface area contributed by atoms with Crippen LogP contribution in [-0.4, -0.2) is 87.5 Å². The first-order valence-electron chi connectivity index (χ1n) is 38.0. The summed E-state index contributed by atoms with van der Waals surface area (Å²) in [7, 11) is 0. The van der Waals surface area contributed by atoms with Gasteiger partial charge in [-0.3, -0.25) is 4.79 Å². The third-order valence-corrected chi connectivity index (χ3v) is 17.2. The van der Waals surface area contributed by atoms with Gasteiger partial charge in [0.15, 0.2) is 6.29 Å². The minimum absolute atomic E-state index is 0.164. The van der Waals surface area contributed by atoms with Crippen molar-refractivity contribution in [3.8, 4) is 0 Å². The van der Waals surface area contributed by atoms with Crippen molar-refractivity contribution in [3.63, 3.8) is 0 Å². The number of rotatable bonds is 65. The molecule has 0 bridgehead atoms. The Morgan fingerprint density at radius 3 is 0.978 bits per heavy atom. The standard InChI is InChI=1S/C83H141NO8/c1-3-5-7-9-11-13-15-17-19-21-23-25-27-29-31-33-35-36-37-38-39-40-41-42-43-45-47-49-51-53-55-57-59-61-63-65-67-69-71-73-79(87)84-76(75-91-83-82(90)81(89)80(88)78(74-85)92-83)77(86)72-70-68-66-64-62-60-58-56-54-52-50-48-46-44-34-32-30-28-26-24-22-20-18-16-14-12-10-8-6-4-2/h5,7,11,13,17,19,23,25,29,31,35-36,38-39,41-42,45,47,51,53,57,59,63,65,76-78,80-83,85-86,88-90H,3-4,6,8-10,12,14-16,18,20-22,24,26-28,30,32-34,37,40,43-44,46,48-50,52,54-56,58,60-62,64,66-75H2,1-2H3,(H,84,87)/b7-5-,13-11-,19-17-,25-23-,31-29-,36-35-,39-38-,42-41-,47-45-,53-51-,59-57-,65-63-. The SMILES string of the molecule is CC/C=C\C/C=C\C/C=C\C/C=C\C/C=C\C/C=C\C/C=C\C/C=C\C/C=C\C/C=C\C/C=C\C/C=C\CCCCC(=O)NC(COC1OC(CO)C(O)C(O)C1O)C(O)CCCCCCCCCCCCCCCCCCCCCCCCCCCCCCCC. The number of aliphatic hydroxyl groups is 5. The molecule has 0 spiro atoms. The molecule has 1 saturated heterocycles. The van der Waals surface area contributed by atoms with E-state index in [1.54, 1.807) is 0 Å². The first-order valence-corrected chi connectivity index (χ1v) is 38.0. The number of hydrogen-bond donors (Lipinski definition) is 6. The van der Waals surface area contributed by atoms with Crippen LogP contribution < -0.4 is 5.32 Å². The Kier molecular flexibility index (Phi) is 65.4. The Hall–Kier alpha value is -3.93. The monoisotopic (exact) mass is 1280 g/mol. The summed E-state index contributed by atoms with van der Waals surface area (Å²) < 4.78 is 11.4. The zero-order chi connectivity index (χ0) is 66.4. The van der Waals surface area contributed by atoms with Crippen molar-refractivity contribution in [2.75, 3.05) is 13.2 Å². The minimum Gasteiger partial charge on any atom is -0.394 e. The maximum atomic E-state index is 13.2. The van der Waals surface area contributed by atoms with Gasteiger partial charge < -0.3 is 40.3 Å². The Balaban J connectivity index is 2.17. The zero-order valence-corrected chi connectivity index (χ0v) is 59.0. The van der Waals surface area contributed by atoms with Gasteiger partial charge in [0.2, 0.25) is 5.91 Å². The van der Waals surface area contributed by atoms with Crippen molar-refractivity contribution in [1.82, 2.24) is 5.32 Å². The lowest BCUT2D eigenvalue weighted by Gasteiger charge is -2.40. The fourth-order valence-electron chi connectivity index (χ4n) is 11.3. The first kappa shape index (κ1) is 86.1. The third-order valence-electron chi connectivity index (χ3n) is 17.2. The second-order valence-corrected chi connectivity index (χ2v) is 25.7. The summed E-state index contributed by atoms with van der Waals surface area (Å²) in [6.07, 6.45) is 101. The van der Waals surface area contributed by atoms with Crippen molar-refractivity contribution in [2.24, 2.45) is 0 Å². The second-order valence-electron chi connectivity index (χ2n) is 25.7. The Morgan fingerprint density at radius 1 is 0.380 bits per heavy atom. The number of carbonyl (C=O) groups excluding carboxylic acids is 1. The molecule has 526 valence electrons. The van der Waals surface area contributed by atoms with E-state index in [2.05, 4.69) is 165 Å². The highest BCUT2D eigenvalue weighted by atomic mass is 16.7. The summed E-state index contributed by atoms with van der Waals surface area (Å²) >= 11 is 0. The fraction of sp³-hybridized carbons (Fsp3) is 0.699. The van der Waals surface area contributed by atoms with Crippen LogP contribution in [0.25, 0.3) is 0 Å². The van der Waals surface area contributed by atoms with Crippen molar-refractivity contribution in [2.45, 2.75) is 358 Å². The van der Waals surface area contributed by atoms with Gasteiger partial charge in [-0.05, 0) is 103 Å². The van der Waals surface area contributed by atoms with E-state index in [4.69, 9.17) is 9.47 Å². The van der Waals surface area contributed by atoms with Gasteiger partial charge in [-0.1, -0.05) is 352 Å². The number of amides is 1. The molecule has 0 aromatic heterocycles. The summed E-state index contributed by atoms with van der Waals surface area (Å²) in [5, 5.41) is 55.0. The molecule has 0 aromatic carbocycles. The maximum absolute atomic E-state index is 13.2. The molecule has 7 unspecified atom stereocenters. The summed E-state index contributed by atoms with van der Waals surface area (Å²) in [4.78, 5) is 13.2. The largest absolute Gasteiger partial charge is 0.394 e. The quantitative estimate of drug-likeness (QED) is 0.0261. The van der Waals surface area contributed by atoms with Gasteiger partial charge in [-0.15, -0.1) is 0 Å². The van der Waals surface area contributed by atoms with E-state index in [0.29, 0.717) is 19.3 Å². The molecular formula is C83H141NO8. The highest BCUT2D eigenvalue weighted by Gasteiger charge is 2.44. The predicted molar refractivity (Wildman–Crippen MR) is 396 cm³/mol. The van der Waals surface area contributed by atoms with Crippen molar-refractivity contribution in [1.29, 1.82) is 0 Å². The summed E-state index contributed by atoms with van der Waals surface area (Å²) in [6.45, 7) is 3.73. The molecule has 1 aliphatic rings. The van der Waals surface area contributed by atoms with Gasteiger partial charge in [0.25, 0.3) is 0 Å². The molecule has 1 heterocycles. The lowest BCUT2D eigenvalue weighted by molar-refractivity contribution is -0.302. The van der Waals surface area contributed by atoms with Crippen LogP contribution in [-0.2, 0) is 14.3 Å². The molecule has 9 heteroatoms. The number of allylic oxidation sites excluding steroid dienone is 24. The molecule has 1 amide bonds. The normalized spacial score (nSPS) is 18.5. The van der Waals surface area contributed by atoms with Gasteiger partial charge in [-0.2, -0.15) is 0 Å². The van der Waals surface area contributed by atoms with Crippen molar-refractivity contribution < 1.29 is 39.8 Å². The van der Waals surface area contributed by atoms with Crippen LogP contribution in [0.1, 0.15) is 316 Å². The molecule has 0 radical (unpaired) electrons. The van der Waals surface area contributed by atoms with E-state index in [1.165, 1.54) is 173 Å². The number of hydrogen-bond acceptors (Lipinski definition) is 8. The van der Waals surface area contributed by atoms with Crippen LogP contribution in [0.4, 0.5) is 0 Å². The average molecular weight is 1280 g/mol. The van der Waals surface area contributed by atoms with Gasteiger partial charge in [0.05, 0.1) is 25.4 Å². The van der Waals surface area contributed by atoms with Crippen LogP contribution in [0.3, 0.4) is 0 Å². The molecule has 1 aliphatic heterocycles. The number of ether oxygens (including phenoxy) is 2. The second kappa shape index (κ2) is 69.9. The number of unbranched alkanes of at least 4 members (excludes halogenated alkanes) is 31. The minimum atomic E-state index is -1.57. The zero-order valence-electron chi connectivity index (χ0n) is 59.0. The highest BCUT2D eigenvalue weighted by Crippen LogP contribution is 2.24. The number of carbonyl (C=O) groups is 1. The molecule has 9 nitrogen and oxygen atoms in total. The molecule has 7 atom stereocenters.